The molecule has 0 aromatic carbocycles. The zero-order chi connectivity index (χ0) is 10.3. The summed E-state index contributed by atoms with van der Waals surface area (Å²) in [5, 5.41) is 9.82. The van der Waals surface area contributed by atoms with E-state index in [2.05, 4.69) is 4.98 Å². The van der Waals surface area contributed by atoms with Gasteiger partial charge in [-0.25, -0.2) is 4.98 Å². The summed E-state index contributed by atoms with van der Waals surface area (Å²) in [5.41, 5.74) is 0.974. The molecule has 1 N–H and O–H groups in total. The summed E-state index contributed by atoms with van der Waals surface area (Å²) in [7, 11) is 0. The maximum atomic E-state index is 9.82. The molecular formula is C11H12N2OS. The van der Waals surface area contributed by atoms with Gasteiger partial charge in [0.25, 0.3) is 0 Å². The second-order valence-corrected chi connectivity index (χ2v) is 4.97. The van der Waals surface area contributed by atoms with Crippen LogP contribution in [0.5, 0.6) is 5.88 Å². The van der Waals surface area contributed by atoms with Crippen LogP contribution in [0.25, 0.3) is 5.52 Å². The van der Waals surface area contributed by atoms with E-state index in [0.717, 1.165) is 23.5 Å². The first-order valence-electron chi connectivity index (χ1n) is 5.09. The van der Waals surface area contributed by atoms with Gasteiger partial charge in [0.15, 0.2) is 5.88 Å². The molecule has 78 valence electrons. The van der Waals surface area contributed by atoms with E-state index >= 15 is 0 Å². The highest BCUT2D eigenvalue weighted by Crippen LogP contribution is 2.33. The summed E-state index contributed by atoms with van der Waals surface area (Å²) < 4.78 is 1.86. The zero-order valence-electron chi connectivity index (χ0n) is 8.26. The molecule has 1 atom stereocenters. The standard InChI is InChI=1S/C11H12N2OS/c14-10-3-1-2-9-6-12-11(13(9)10)8-4-5-15-7-8/h1-3,6,8,14H,4-5,7H2. The third-order valence-corrected chi connectivity index (χ3v) is 4.02. The molecule has 0 radical (unpaired) electrons. The zero-order valence-corrected chi connectivity index (χ0v) is 9.07. The molecular weight excluding hydrogens is 208 g/mol. The molecule has 1 unspecified atom stereocenters. The third-order valence-electron chi connectivity index (χ3n) is 2.85. The fourth-order valence-electron chi connectivity index (χ4n) is 2.08. The lowest BCUT2D eigenvalue weighted by Crippen LogP contribution is -2.03. The molecule has 3 heterocycles. The number of hydrogen-bond acceptors (Lipinski definition) is 3. The first kappa shape index (κ1) is 9.09. The van der Waals surface area contributed by atoms with E-state index in [0.29, 0.717) is 5.92 Å². The van der Waals surface area contributed by atoms with Crippen LogP contribution in [0.2, 0.25) is 0 Å². The fraction of sp³-hybridized carbons (Fsp3) is 0.364. The lowest BCUT2D eigenvalue weighted by Gasteiger charge is -2.08. The van der Waals surface area contributed by atoms with Gasteiger partial charge in [-0.15, -0.1) is 0 Å². The van der Waals surface area contributed by atoms with Crippen molar-refractivity contribution in [3.63, 3.8) is 0 Å². The average Bonchev–Trinajstić information content (AvgIpc) is 2.85. The number of pyridine rings is 1. The summed E-state index contributed by atoms with van der Waals surface area (Å²) >= 11 is 1.96. The van der Waals surface area contributed by atoms with Crippen molar-refractivity contribution in [1.82, 2.24) is 9.38 Å². The highest BCUT2D eigenvalue weighted by molar-refractivity contribution is 7.99. The van der Waals surface area contributed by atoms with Crippen LogP contribution in [0, 0.1) is 0 Å². The minimum Gasteiger partial charge on any atom is -0.494 e. The van der Waals surface area contributed by atoms with E-state index in [9.17, 15) is 5.11 Å². The van der Waals surface area contributed by atoms with E-state index in [1.165, 1.54) is 5.75 Å². The first-order valence-corrected chi connectivity index (χ1v) is 6.25. The quantitative estimate of drug-likeness (QED) is 0.801. The summed E-state index contributed by atoms with van der Waals surface area (Å²) in [4.78, 5) is 4.43. The molecule has 2 aromatic rings. The molecule has 2 aromatic heterocycles. The normalized spacial score (nSPS) is 21.2. The van der Waals surface area contributed by atoms with Gasteiger partial charge in [0.05, 0.1) is 11.7 Å². The predicted octanol–water partition coefficient (Wildman–Crippen LogP) is 2.26. The topological polar surface area (TPSA) is 37.5 Å². The Balaban J connectivity index is 2.18. The number of thioether (sulfide) groups is 1. The van der Waals surface area contributed by atoms with Crippen molar-refractivity contribution < 1.29 is 5.11 Å². The molecule has 3 rings (SSSR count). The summed E-state index contributed by atoms with van der Waals surface area (Å²) in [6.07, 6.45) is 3.00. The first-order chi connectivity index (χ1) is 7.36. The number of fused-ring (bicyclic) bond motifs is 1. The minimum absolute atomic E-state index is 0.289. The molecule has 1 aliphatic heterocycles. The van der Waals surface area contributed by atoms with Crippen molar-refractivity contribution in [3.05, 3.63) is 30.2 Å². The van der Waals surface area contributed by atoms with Crippen molar-refractivity contribution in [2.75, 3.05) is 11.5 Å². The van der Waals surface area contributed by atoms with Crippen LogP contribution in [0.15, 0.2) is 24.4 Å². The van der Waals surface area contributed by atoms with Gasteiger partial charge in [0.2, 0.25) is 0 Å². The van der Waals surface area contributed by atoms with Gasteiger partial charge in [0.1, 0.15) is 5.82 Å². The Hall–Kier alpha value is -1.16. The molecule has 0 aliphatic carbocycles. The number of aromatic nitrogens is 2. The van der Waals surface area contributed by atoms with Crippen LogP contribution in [0.1, 0.15) is 18.2 Å². The monoisotopic (exact) mass is 220 g/mol. The fourth-order valence-corrected chi connectivity index (χ4v) is 3.30. The van der Waals surface area contributed by atoms with Crippen LogP contribution in [0.3, 0.4) is 0 Å². The van der Waals surface area contributed by atoms with Gasteiger partial charge >= 0.3 is 0 Å². The van der Waals surface area contributed by atoms with Crippen molar-refractivity contribution in [2.45, 2.75) is 12.3 Å². The second kappa shape index (κ2) is 3.45. The minimum atomic E-state index is 0.289. The third kappa shape index (κ3) is 1.40. The highest BCUT2D eigenvalue weighted by Gasteiger charge is 2.22. The van der Waals surface area contributed by atoms with Crippen molar-refractivity contribution in [3.8, 4) is 5.88 Å². The molecule has 1 fully saturated rings. The maximum absolute atomic E-state index is 9.82. The van der Waals surface area contributed by atoms with E-state index in [1.807, 2.05) is 34.5 Å². The molecule has 1 aliphatic rings. The smallest absolute Gasteiger partial charge is 0.197 e. The van der Waals surface area contributed by atoms with Gasteiger partial charge in [-0.3, -0.25) is 4.40 Å². The van der Waals surface area contributed by atoms with E-state index in [1.54, 1.807) is 6.07 Å². The number of nitrogens with zero attached hydrogens (tertiary/aromatic N) is 2. The van der Waals surface area contributed by atoms with Crippen molar-refractivity contribution >= 4 is 17.3 Å². The molecule has 0 amide bonds. The Labute approximate surface area is 92.1 Å². The Morgan fingerprint density at radius 1 is 1.47 bits per heavy atom. The Morgan fingerprint density at radius 2 is 2.40 bits per heavy atom. The van der Waals surface area contributed by atoms with Gasteiger partial charge in [0, 0.05) is 11.7 Å². The van der Waals surface area contributed by atoms with Crippen LogP contribution in [-0.2, 0) is 0 Å². The van der Waals surface area contributed by atoms with Crippen LogP contribution in [-0.4, -0.2) is 26.0 Å². The SMILES string of the molecule is Oc1cccc2cnc(C3CCSC3)n12. The van der Waals surface area contributed by atoms with E-state index < -0.39 is 0 Å². The molecule has 15 heavy (non-hydrogen) atoms. The molecule has 0 saturated carbocycles. The summed E-state index contributed by atoms with van der Waals surface area (Å²) in [5.74, 6) is 4.11. The molecule has 1 saturated heterocycles. The molecule has 0 bridgehead atoms. The Bertz CT molecular complexity index is 488. The largest absolute Gasteiger partial charge is 0.494 e. The van der Waals surface area contributed by atoms with Crippen molar-refractivity contribution in [1.29, 1.82) is 0 Å². The van der Waals surface area contributed by atoms with Crippen molar-refractivity contribution in [2.24, 2.45) is 0 Å². The Kier molecular flexibility index (Phi) is 2.09. The number of aromatic hydroxyl groups is 1. The average molecular weight is 220 g/mol. The predicted molar refractivity (Wildman–Crippen MR) is 61.5 cm³/mol. The van der Waals surface area contributed by atoms with Crippen LogP contribution < -0.4 is 0 Å². The molecule has 4 heteroatoms. The van der Waals surface area contributed by atoms with E-state index in [4.69, 9.17) is 0 Å². The summed E-state index contributed by atoms with van der Waals surface area (Å²) in [6, 6.07) is 5.53. The van der Waals surface area contributed by atoms with Gasteiger partial charge in [-0.1, -0.05) is 6.07 Å². The van der Waals surface area contributed by atoms with Gasteiger partial charge < -0.3 is 5.11 Å². The van der Waals surface area contributed by atoms with Gasteiger partial charge in [-0.05, 0) is 24.3 Å². The second-order valence-electron chi connectivity index (χ2n) is 3.82. The van der Waals surface area contributed by atoms with Gasteiger partial charge in [-0.2, -0.15) is 11.8 Å². The summed E-state index contributed by atoms with van der Waals surface area (Å²) in [6.45, 7) is 0. The van der Waals surface area contributed by atoms with E-state index in [-0.39, 0.29) is 5.88 Å². The maximum Gasteiger partial charge on any atom is 0.197 e. The number of rotatable bonds is 1. The molecule has 3 nitrogen and oxygen atoms in total. The highest BCUT2D eigenvalue weighted by atomic mass is 32.2. The Morgan fingerprint density at radius 3 is 3.20 bits per heavy atom. The number of imidazole rings is 1. The van der Waals surface area contributed by atoms with Crippen LogP contribution in [0.4, 0.5) is 0 Å². The van der Waals surface area contributed by atoms with Crippen LogP contribution >= 0.6 is 11.8 Å². The lowest BCUT2D eigenvalue weighted by molar-refractivity contribution is 0.440. The lowest BCUT2D eigenvalue weighted by atomic mass is 10.1. The number of hydrogen-bond donors (Lipinski definition) is 1. The molecule has 0 spiro atoms.